The molecule has 0 aliphatic heterocycles. The van der Waals surface area contributed by atoms with Gasteiger partial charge < -0.3 is 9.11 Å². The Morgan fingerprint density at radius 1 is 0.571 bits per heavy atom. The molecule has 0 aliphatic rings. The van der Waals surface area contributed by atoms with Crippen molar-refractivity contribution in [3.8, 4) is 0 Å². The van der Waals surface area contributed by atoms with Crippen LogP contribution in [0.25, 0.3) is 0 Å². The number of hydrogen-bond donors (Lipinski definition) is 0. The van der Waals surface area contributed by atoms with Crippen molar-refractivity contribution >= 4 is 20.2 Å². The standard InChI is InChI=1S/2C6H6O3S.Fe/c2*7-10(8,9)6-4-2-1-3-5-6;/h2*1-5H,(H,7,8,9);/q;;+2/p-2. The molecule has 0 spiro atoms. The zero-order valence-corrected chi connectivity index (χ0v) is 13.1. The maximum absolute atomic E-state index is 10.3. The van der Waals surface area contributed by atoms with Crippen LogP contribution in [0.3, 0.4) is 0 Å². The van der Waals surface area contributed by atoms with E-state index in [0.29, 0.717) is 0 Å². The van der Waals surface area contributed by atoms with Crippen LogP contribution in [0.5, 0.6) is 0 Å². The molecule has 0 saturated carbocycles. The van der Waals surface area contributed by atoms with Crippen molar-refractivity contribution in [2.24, 2.45) is 0 Å². The summed E-state index contributed by atoms with van der Waals surface area (Å²) in [6, 6.07) is 14.4. The Bertz CT molecular complexity index is 675. The smallest absolute Gasteiger partial charge is 0.744 e. The fourth-order valence-electron chi connectivity index (χ4n) is 1.17. The Balaban J connectivity index is 0.000000364. The molecule has 0 saturated heterocycles. The third kappa shape index (κ3) is 7.37. The molecule has 2 aromatic carbocycles. The molecule has 0 fully saturated rings. The number of benzene rings is 2. The molecule has 0 aliphatic carbocycles. The molecular weight excluding hydrogens is 360 g/mol. The van der Waals surface area contributed by atoms with Crippen LogP contribution in [0.4, 0.5) is 0 Å². The van der Waals surface area contributed by atoms with E-state index < -0.39 is 20.2 Å². The van der Waals surface area contributed by atoms with Gasteiger partial charge in [-0.05, 0) is 24.3 Å². The minimum atomic E-state index is -4.25. The molecule has 0 amide bonds. The van der Waals surface area contributed by atoms with Crippen LogP contribution in [0.2, 0.25) is 0 Å². The zero-order chi connectivity index (χ0) is 15.2. The number of rotatable bonds is 2. The fraction of sp³-hybridized carbons (Fsp3) is 0. The van der Waals surface area contributed by atoms with Crippen molar-refractivity contribution in [1.82, 2.24) is 0 Å². The van der Waals surface area contributed by atoms with Crippen molar-refractivity contribution in [1.29, 1.82) is 0 Å². The Kier molecular flexibility index (Phi) is 7.80. The second-order valence-corrected chi connectivity index (χ2v) is 6.29. The first-order valence-electron chi connectivity index (χ1n) is 5.23. The van der Waals surface area contributed by atoms with Gasteiger partial charge in [0.1, 0.15) is 20.2 Å². The summed E-state index contributed by atoms with van der Waals surface area (Å²) in [6.07, 6.45) is 0. The molecular formula is C12H10FeO6S2. The Morgan fingerprint density at radius 3 is 0.952 bits per heavy atom. The molecule has 9 heteroatoms. The summed E-state index contributed by atoms with van der Waals surface area (Å²) in [6.45, 7) is 0. The SMILES string of the molecule is O=S(=O)([O-])c1ccccc1.O=S(=O)([O-])c1ccccc1.[Fe+2]. The molecule has 2 rings (SSSR count). The van der Waals surface area contributed by atoms with E-state index in [4.69, 9.17) is 0 Å². The molecule has 0 radical (unpaired) electrons. The fourth-order valence-corrected chi connectivity index (χ4v) is 2.16. The quantitative estimate of drug-likeness (QED) is 0.579. The molecule has 0 bridgehead atoms. The van der Waals surface area contributed by atoms with Crippen molar-refractivity contribution < 1.29 is 43.0 Å². The largest absolute Gasteiger partial charge is 2.00 e. The van der Waals surface area contributed by atoms with Gasteiger partial charge in [-0.1, -0.05) is 36.4 Å². The molecule has 0 unspecified atom stereocenters. The minimum Gasteiger partial charge on any atom is -0.744 e. The molecule has 21 heavy (non-hydrogen) atoms. The van der Waals surface area contributed by atoms with E-state index in [1.807, 2.05) is 0 Å². The second kappa shape index (κ2) is 8.28. The van der Waals surface area contributed by atoms with Gasteiger partial charge in [-0.25, -0.2) is 16.8 Å². The Hall–Kier alpha value is -1.22. The summed E-state index contributed by atoms with van der Waals surface area (Å²) >= 11 is 0. The Morgan fingerprint density at radius 2 is 0.810 bits per heavy atom. The minimum absolute atomic E-state index is 0. The first kappa shape index (κ1) is 19.8. The molecule has 6 nitrogen and oxygen atoms in total. The van der Waals surface area contributed by atoms with Gasteiger partial charge in [0.15, 0.2) is 0 Å². The van der Waals surface area contributed by atoms with Gasteiger partial charge in [-0.2, -0.15) is 0 Å². The maximum Gasteiger partial charge on any atom is 2.00 e. The molecule has 0 heterocycles. The maximum atomic E-state index is 10.3. The topological polar surface area (TPSA) is 114 Å². The average Bonchev–Trinajstić information content (AvgIpc) is 2.40. The molecule has 0 aromatic heterocycles. The predicted molar refractivity (Wildman–Crippen MR) is 68.8 cm³/mol. The third-order valence-electron chi connectivity index (χ3n) is 2.06. The summed E-state index contributed by atoms with van der Waals surface area (Å²) in [5.41, 5.74) is 0. The van der Waals surface area contributed by atoms with Gasteiger partial charge >= 0.3 is 17.1 Å². The summed E-state index contributed by atoms with van der Waals surface area (Å²) in [5.74, 6) is 0. The normalized spacial score (nSPS) is 10.8. The van der Waals surface area contributed by atoms with Crippen LogP contribution in [0, 0.1) is 0 Å². The van der Waals surface area contributed by atoms with E-state index in [2.05, 4.69) is 0 Å². The van der Waals surface area contributed by atoms with Crippen LogP contribution in [-0.2, 0) is 37.3 Å². The molecule has 2 aromatic rings. The van der Waals surface area contributed by atoms with Crippen LogP contribution >= 0.6 is 0 Å². The van der Waals surface area contributed by atoms with Gasteiger partial charge in [0.25, 0.3) is 0 Å². The van der Waals surface area contributed by atoms with E-state index in [1.54, 1.807) is 12.1 Å². The zero-order valence-electron chi connectivity index (χ0n) is 10.4. The van der Waals surface area contributed by atoms with E-state index >= 15 is 0 Å². The van der Waals surface area contributed by atoms with E-state index in [-0.39, 0.29) is 26.9 Å². The molecule has 114 valence electrons. The van der Waals surface area contributed by atoms with Crippen molar-refractivity contribution in [2.75, 3.05) is 0 Å². The number of hydrogen-bond acceptors (Lipinski definition) is 6. The van der Waals surface area contributed by atoms with Crippen LogP contribution in [0.15, 0.2) is 70.5 Å². The Labute approximate surface area is 133 Å². The van der Waals surface area contributed by atoms with Gasteiger partial charge in [0.2, 0.25) is 0 Å². The van der Waals surface area contributed by atoms with Crippen LogP contribution < -0.4 is 0 Å². The van der Waals surface area contributed by atoms with Gasteiger partial charge in [-0.3, -0.25) is 0 Å². The van der Waals surface area contributed by atoms with E-state index in [0.717, 1.165) is 0 Å². The second-order valence-electron chi connectivity index (χ2n) is 3.53. The van der Waals surface area contributed by atoms with Crippen molar-refractivity contribution in [2.45, 2.75) is 9.79 Å². The first-order valence-corrected chi connectivity index (χ1v) is 8.05. The van der Waals surface area contributed by atoms with Gasteiger partial charge in [0.05, 0.1) is 9.79 Å². The average molecular weight is 370 g/mol. The van der Waals surface area contributed by atoms with Gasteiger partial charge in [0, 0.05) is 0 Å². The summed E-state index contributed by atoms with van der Waals surface area (Å²) in [5, 5.41) is 0. The first-order chi connectivity index (χ1) is 9.21. The van der Waals surface area contributed by atoms with Crippen LogP contribution in [-0.4, -0.2) is 25.9 Å². The third-order valence-corrected chi connectivity index (χ3v) is 3.76. The van der Waals surface area contributed by atoms with Gasteiger partial charge in [-0.15, -0.1) is 0 Å². The molecule has 0 atom stereocenters. The van der Waals surface area contributed by atoms with E-state index in [9.17, 15) is 25.9 Å². The van der Waals surface area contributed by atoms with Crippen molar-refractivity contribution in [3.05, 3.63) is 60.7 Å². The molecule has 0 N–H and O–H groups in total. The van der Waals surface area contributed by atoms with Crippen LogP contribution in [0.1, 0.15) is 0 Å². The van der Waals surface area contributed by atoms with Crippen molar-refractivity contribution in [3.63, 3.8) is 0 Å². The van der Waals surface area contributed by atoms with E-state index in [1.165, 1.54) is 48.5 Å². The summed E-state index contributed by atoms with van der Waals surface area (Å²) in [7, 11) is -8.51. The predicted octanol–water partition coefficient (Wildman–Crippen LogP) is 1.18. The summed E-state index contributed by atoms with van der Waals surface area (Å²) in [4.78, 5) is -0.370. The monoisotopic (exact) mass is 370 g/mol. The summed E-state index contributed by atoms with van der Waals surface area (Å²) < 4.78 is 61.7.